The molecule has 1 saturated heterocycles. The Balaban J connectivity index is 1.99. The van der Waals surface area contributed by atoms with Gasteiger partial charge >= 0.3 is 5.97 Å². The first-order chi connectivity index (χ1) is 8.25. The SMILES string of the molecule is O=C(O)CC1CSCCN1Cc1ccncc1. The van der Waals surface area contributed by atoms with E-state index in [1.165, 1.54) is 5.56 Å². The summed E-state index contributed by atoms with van der Waals surface area (Å²) < 4.78 is 0. The van der Waals surface area contributed by atoms with Gasteiger partial charge in [-0.1, -0.05) is 0 Å². The molecular formula is C12H16N2O2S. The van der Waals surface area contributed by atoms with E-state index in [9.17, 15) is 4.79 Å². The molecule has 92 valence electrons. The molecule has 1 aromatic rings. The highest BCUT2D eigenvalue weighted by atomic mass is 32.2. The number of nitrogens with zero attached hydrogens (tertiary/aromatic N) is 2. The molecule has 1 N–H and O–H groups in total. The van der Waals surface area contributed by atoms with Crippen LogP contribution in [0.1, 0.15) is 12.0 Å². The maximum absolute atomic E-state index is 10.8. The summed E-state index contributed by atoms with van der Waals surface area (Å²) in [7, 11) is 0. The highest BCUT2D eigenvalue weighted by Crippen LogP contribution is 2.20. The number of pyridine rings is 1. The standard InChI is InChI=1S/C12H16N2O2S/c15-12(16)7-11-9-17-6-5-14(11)8-10-1-3-13-4-2-10/h1-4,11H,5-9H2,(H,15,16). The summed E-state index contributed by atoms with van der Waals surface area (Å²) in [5.74, 6) is 1.29. The van der Waals surface area contributed by atoms with Crippen LogP contribution < -0.4 is 0 Å². The molecule has 0 aromatic carbocycles. The van der Waals surface area contributed by atoms with Gasteiger partial charge in [0, 0.05) is 43.0 Å². The van der Waals surface area contributed by atoms with E-state index in [0.29, 0.717) is 0 Å². The monoisotopic (exact) mass is 252 g/mol. The summed E-state index contributed by atoms with van der Waals surface area (Å²) in [6, 6.07) is 4.12. The van der Waals surface area contributed by atoms with Gasteiger partial charge in [0.25, 0.3) is 0 Å². The minimum absolute atomic E-state index is 0.152. The fourth-order valence-corrected chi connectivity index (χ4v) is 3.14. The zero-order valence-electron chi connectivity index (χ0n) is 9.58. The molecule has 0 aliphatic carbocycles. The number of rotatable bonds is 4. The minimum atomic E-state index is -0.711. The molecule has 1 aromatic heterocycles. The Labute approximate surface area is 105 Å². The zero-order valence-corrected chi connectivity index (χ0v) is 10.4. The van der Waals surface area contributed by atoms with E-state index in [-0.39, 0.29) is 12.5 Å². The van der Waals surface area contributed by atoms with E-state index in [4.69, 9.17) is 5.11 Å². The highest BCUT2D eigenvalue weighted by Gasteiger charge is 2.24. The molecule has 5 heteroatoms. The van der Waals surface area contributed by atoms with Crippen molar-refractivity contribution in [1.82, 2.24) is 9.88 Å². The van der Waals surface area contributed by atoms with Gasteiger partial charge in [-0.05, 0) is 17.7 Å². The topological polar surface area (TPSA) is 53.4 Å². The van der Waals surface area contributed by atoms with Crippen LogP contribution >= 0.6 is 11.8 Å². The van der Waals surface area contributed by atoms with Crippen LogP contribution in [0, 0.1) is 0 Å². The molecule has 17 heavy (non-hydrogen) atoms. The molecule has 1 aliphatic heterocycles. The van der Waals surface area contributed by atoms with Crippen molar-refractivity contribution in [2.75, 3.05) is 18.1 Å². The number of carboxylic acid groups (broad SMARTS) is 1. The smallest absolute Gasteiger partial charge is 0.304 e. The molecular weight excluding hydrogens is 236 g/mol. The second-order valence-electron chi connectivity index (χ2n) is 4.15. The van der Waals surface area contributed by atoms with E-state index in [2.05, 4.69) is 9.88 Å². The summed E-state index contributed by atoms with van der Waals surface area (Å²) in [6.07, 6.45) is 3.79. The van der Waals surface area contributed by atoms with Crippen LogP contribution in [-0.4, -0.2) is 45.1 Å². The maximum atomic E-state index is 10.8. The highest BCUT2D eigenvalue weighted by molar-refractivity contribution is 7.99. The average molecular weight is 252 g/mol. The minimum Gasteiger partial charge on any atom is -0.481 e. The lowest BCUT2D eigenvalue weighted by molar-refractivity contribution is -0.138. The van der Waals surface area contributed by atoms with Crippen molar-refractivity contribution in [3.63, 3.8) is 0 Å². The largest absolute Gasteiger partial charge is 0.481 e. The van der Waals surface area contributed by atoms with E-state index in [1.54, 1.807) is 12.4 Å². The molecule has 2 heterocycles. The van der Waals surface area contributed by atoms with Gasteiger partial charge in [-0.3, -0.25) is 14.7 Å². The third kappa shape index (κ3) is 3.71. The molecule has 1 fully saturated rings. The molecule has 0 radical (unpaired) electrons. The lowest BCUT2D eigenvalue weighted by atomic mass is 10.1. The first kappa shape index (κ1) is 12.4. The summed E-state index contributed by atoms with van der Waals surface area (Å²) >= 11 is 1.84. The van der Waals surface area contributed by atoms with Crippen molar-refractivity contribution >= 4 is 17.7 Å². The summed E-state index contributed by atoms with van der Waals surface area (Å²) in [4.78, 5) is 17.1. The number of aromatic nitrogens is 1. The van der Waals surface area contributed by atoms with Crippen LogP contribution in [0.15, 0.2) is 24.5 Å². The third-order valence-electron chi connectivity index (χ3n) is 2.89. The number of carboxylic acids is 1. The molecule has 0 saturated carbocycles. The normalized spacial score (nSPS) is 21.3. The predicted octanol–water partition coefficient (Wildman–Crippen LogP) is 1.47. The van der Waals surface area contributed by atoms with Gasteiger partial charge in [-0.25, -0.2) is 0 Å². The quantitative estimate of drug-likeness (QED) is 0.879. The Morgan fingerprint density at radius 3 is 3.00 bits per heavy atom. The number of carbonyl (C=O) groups is 1. The number of aliphatic carboxylic acids is 1. The fraction of sp³-hybridized carbons (Fsp3) is 0.500. The van der Waals surface area contributed by atoms with Crippen molar-refractivity contribution in [2.45, 2.75) is 19.0 Å². The number of thioether (sulfide) groups is 1. The van der Waals surface area contributed by atoms with Crippen LogP contribution in [0.4, 0.5) is 0 Å². The van der Waals surface area contributed by atoms with E-state index in [0.717, 1.165) is 24.6 Å². The van der Waals surface area contributed by atoms with Gasteiger partial charge in [0.15, 0.2) is 0 Å². The van der Waals surface area contributed by atoms with Gasteiger partial charge in [0.1, 0.15) is 0 Å². The molecule has 1 atom stereocenters. The van der Waals surface area contributed by atoms with Crippen molar-refractivity contribution in [3.8, 4) is 0 Å². The number of hydrogen-bond donors (Lipinski definition) is 1. The Hall–Kier alpha value is -1.07. The van der Waals surface area contributed by atoms with Crippen LogP contribution in [0.2, 0.25) is 0 Å². The van der Waals surface area contributed by atoms with Crippen molar-refractivity contribution in [3.05, 3.63) is 30.1 Å². The van der Waals surface area contributed by atoms with Crippen LogP contribution in [-0.2, 0) is 11.3 Å². The maximum Gasteiger partial charge on any atom is 0.304 e. The predicted molar refractivity (Wildman–Crippen MR) is 68.0 cm³/mol. The zero-order chi connectivity index (χ0) is 12.1. The molecule has 0 bridgehead atoms. The fourth-order valence-electron chi connectivity index (χ4n) is 2.01. The molecule has 0 spiro atoms. The van der Waals surface area contributed by atoms with E-state index in [1.807, 2.05) is 23.9 Å². The van der Waals surface area contributed by atoms with E-state index < -0.39 is 5.97 Å². The molecule has 2 rings (SSSR count). The molecule has 1 aliphatic rings. The van der Waals surface area contributed by atoms with Crippen LogP contribution in [0.3, 0.4) is 0 Å². The summed E-state index contributed by atoms with van der Waals surface area (Å²) in [6.45, 7) is 1.78. The summed E-state index contributed by atoms with van der Waals surface area (Å²) in [5.41, 5.74) is 1.20. The number of hydrogen-bond acceptors (Lipinski definition) is 4. The van der Waals surface area contributed by atoms with Gasteiger partial charge in [0.2, 0.25) is 0 Å². The first-order valence-electron chi connectivity index (χ1n) is 5.68. The molecule has 0 amide bonds. The van der Waals surface area contributed by atoms with Crippen LogP contribution in [0.25, 0.3) is 0 Å². The second-order valence-corrected chi connectivity index (χ2v) is 5.30. The van der Waals surface area contributed by atoms with Crippen molar-refractivity contribution < 1.29 is 9.90 Å². The van der Waals surface area contributed by atoms with Gasteiger partial charge in [-0.15, -0.1) is 0 Å². The third-order valence-corrected chi connectivity index (χ3v) is 3.99. The molecule has 1 unspecified atom stereocenters. The molecule has 4 nitrogen and oxygen atoms in total. The van der Waals surface area contributed by atoms with Gasteiger partial charge < -0.3 is 5.11 Å². The van der Waals surface area contributed by atoms with Gasteiger partial charge in [-0.2, -0.15) is 11.8 Å². The Bertz CT molecular complexity index is 372. The lowest BCUT2D eigenvalue weighted by Crippen LogP contribution is -2.42. The summed E-state index contributed by atoms with van der Waals surface area (Å²) in [5, 5.41) is 8.90. The lowest BCUT2D eigenvalue weighted by Gasteiger charge is -2.34. The Kier molecular flexibility index (Phi) is 4.39. The Morgan fingerprint density at radius 2 is 2.29 bits per heavy atom. The second kappa shape index (κ2) is 6.02. The van der Waals surface area contributed by atoms with Crippen molar-refractivity contribution in [2.24, 2.45) is 0 Å². The van der Waals surface area contributed by atoms with Gasteiger partial charge in [0.05, 0.1) is 6.42 Å². The average Bonchev–Trinajstić information content (AvgIpc) is 2.32. The first-order valence-corrected chi connectivity index (χ1v) is 6.83. The van der Waals surface area contributed by atoms with Crippen LogP contribution in [0.5, 0.6) is 0 Å². The van der Waals surface area contributed by atoms with Crippen molar-refractivity contribution in [1.29, 1.82) is 0 Å². The van der Waals surface area contributed by atoms with E-state index >= 15 is 0 Å². The Morgan fingerprint density at radius 1 is 1.53 bits per heavy atom.